The first-order chi connectivity index (χ1) is 9.97. The van der Waals surface area contributed by atoms with Gasteiger partial charge in [-0.3, -0.25) is 0 Å². The molecule has 0 amide bonds. The molecule has 0 N–H and O–H groups in total. The van der Waals surface area contributed by atoms with Gasteiger partial charge in [-0.15, -0.1) is 22.9 Å². The van der Waals surface area contributed by atoms with Gasteiger partial charge in [0.05, 0.1) is 15.8 Å². The lowest BCUT2D eigenvalue weighted by Crippen LogP contribution is -2.10. The van der Waals surface area contributed by atoms with E-state index in [2.05, 4.69) is 37.4 Å². The third-order valence-corrected chi connectivity index (χ3v) is 5.30. The van der Waals surface area contributed by atoms with Crippen molar-refractivity contribution < 1.29 is 0 Å². The molecule has 0 fully saturated rings. The molecule has 2 unspecified atom stereocenters. The van der Waals surface area contributed by atoms with Crippen molar-refractivity contribution in [2.75, 3.05) is 0 Å². The summed E-state index contributed by atoms with van der Waals surface area (Å²) in [5, 5.41) is -0.198. The molecule has 110 valence electrons. The second-order valence-electron chi connectivity index (χ2n) is 4.77. The Hall–Kier alpha value is -0.620. The minimum atomic E-state index is -0.198. The lowest BCUT2D eigenvalue weighted by atomic mass is 10.2. The number of hydrogen-bond donors (Lipinski definition) is 0. The molecular formula is C14H12BrCl2N3S. The van der Waals surface area contributed by atoms with E-state index >= 15 is 0 Å². The SMILES string of the molecule is CC(Cl)c1nc2cc(Br)cnc2n1C(C)c1ccc(Cl)s1. The molecule has 7 heteroatoms. The predicted octanol–water partition coefficient (Wildman–Crippen LogP) is 5.82. The molecule has 0 bridgehead atoms. The van der Waals surface area contributed by atoms with E-state index in [9.17, 15) is 0 Å². The van der Waals surface area contributed by atoms with E-state index in [1.165, 1.54) is 0 Å². The van der Waals surface area contributed by atoms with Gasteiger partial charge in [0, 0.05) is 15.5 Å². The highest BCUT2D eigenvalue weighted by Gasteiger charge is 2.22. The standard InChI is InChI=1S/C14H12BrCl2N3S/c1-7(16)13-19-10-5-9(15)6-18-14(10)20(13)8(2)11-3-4-12(17)21-11/h3-8H,1-2H3. The Bertz CT molecular complexity index is 797. The van der Waals surface area contributed by atoms with Crippen LogP contribution in [0.15, 0.2) is 28.9 Å². The van der Waals surface area contributed by atoms with Crippen LogP contribution in [0.1, 0.15) is 36.0 Å². The molecule has 3 aromatic heterocycles. The van der Waals surface area contributed by atoms with E-state index in [0.29, 0.717) is 0 Å². The summed E-state index contributed by atoms with van der Waals surface area (Å²) < 4.78 is 3.76. The van der Waals surface area contributed by atoms with Gasteiger partial charge in [0.25, 0.3) is 0 Å². The number of halogens is 3. The van der Waals surface area contributed by atoms with Crippen LogP contribution >= 0.6 is 50.5 Å². The van der Waals surface area contributed by atoms with Gasteiger partial charge in [-0.1, -0.05) is 11.6 Å². The molecule has 3 heterocycles. The molecule has 0 aliphatic rings. The number of aromatic nitrogens is 3. The van der Waals surface area contributed by atoms with Crippen molar-refractivity contribution in [3.63, 3.8) is 0 Å². The van der Waals surface area contributed by atoms with Gasteiger partial charge >= 0.3 is 0 Å². The van der Waals surface area contributed by atoms with Crippen LogP contribution in [-0.4, -0.2) is 14.5 Å². The largest absolute Gasteiger partial charge is 0.303 e. The molecule has 2 atom stereocenters. The predicted molar refractivity (Wildman–Crippen MR) is 92.6 cm³/mol. The van der Waals surface area contributed by atoms with Crippen LogP contribution in [0, 0.1) is 0 Å². The fourth-order valence-electron chi connectivity index (χ4n) is 2.32. The van der Waals surface area contributed by atoms with E-state index < -0.39 is 0 Å². The average Bonchev–Trinajstić information content (AvgIpc) is 3.01. The third-order valence-electron chi connectivity index (χ3n) is 3.27. The Morgan fingerprint density at radius 3 is 2.71 bits per heavy atom. The van der Waals surface area contributed by atoms with Crippen LogP contribution < -0.4 is 0 Å². The Labute approximate surface area is 145 Å². The van der Waals surface area contributed by atoms with E-state index in [-0.39, 0.29) is 11.4 Å². The minimum Gasteiger partial charge on any atom is -0.303 e. The molecule has 0 aliphatic heterocycles. The van der Waals surface area contributed by atoms with Crippen molar-refractivity contribution in [1.29, 1.82) is 0 Å². The van der Waals surface area contributed by atoms with Crippen LogP contribution in [0.4, 0.5) is 0 Å². The minimum absolute atomic E-state index is 0.0809. The van der Waals surface area contributed by atoms with Crippen molar-refractivity contribution in [3.05, 3.63) is 43.9 Å². The number of alkyl halides is 1. The maximum absolute atomic E-state index is 6.31. The third kappa shape index (κ3) is 2.84. The van der Waals surface area contributed by atoms with E-state index in [0.717, 1.165) is 30.7 Å². The van der Waals surface area contributed by atoms with Crippen molar-refractivity contribution in [2.24, 2.45) is 0 Å². The molecule has 0 radical (unpaired) electrons. The average molecular weight is 405 g/mol. The van der Waals surface area contributed by atoms with Crippen LogP contribution in [-0.2, 0) is 0 Å². The van der Waals surface area contributed by atoms with E-state index in [1.54, 1.807) is 17.5 Å². The van der Waals surface area contributed by atoms with E-state index in [1.807, 2.05) is 25.1 Å². The van der Waals surface area contributed by atoms with Crippen molar-refractivity contribution in [3.8, 4) is 0 Å². The van der Waals surface area contributed by atoms with Gasteiger partial charge < -0.3 is 4.57 Å². The summed E-state index contributed by atoms with van der Waals surface area (Å²) in [7, 11) is 0. The first-order valence-corrected chi connectivity index (χ1v) is 8.82. The maximum Gasteiger partial charge on any atom is 0.160 e. The van der Waals surface area contributed by atoms with E-state index in [4.69, 9.17) is 23.2 Å². The van der Waals surface area contributed by atoms with Gasteiger partial charge in [0.1, 0.15) is 11.3 Å². The summed E-state index contributed by atoms with van der Waals surface area (Å²) >= 11 is 17.4. The van der Waals surface area contributed by atoms with Crippen LogP contribution in [0.3, 0.4) is 0 Å². The van der Waals surface area contributed by atoms with Crippen LogP contribution in [0.5, 0.6) is 0 Å². The molecule has 3 aromatic rings. The Morgan fingerprint density at radius 1 is 1.33 bits per heavy atom. The molecule has 0 saturated carbocycles. The van der Waals surface area contributed by atoms with Gasteiger partial charge in [-0.25, -0.2) is 9.97 Å². The lowest BCUT2D eigenvalue weighted by molar-refractivity contribution is 0.623. The quantitative estimate of drug-likeness (QED) is 0.515. The molecule has 21 heavy (non-hydrogen) atoms. The summed E-state index contributed by atoms with van der Waals surface area (Å²) in [6, 6.07) is 5.98. The fraction of sp³-hybridized carbons (Fsp3) is 0.286. The highest BCUT2D eigenvalue weighted by Crippen LogP contribution is 2.34. The van der Waals surface area contributed by atoms with Gasteiger partial charge in [-0.05, 0) is 48.0 Å². The molecule has 0 spiro atoms. The fourth-order valence-corrected chi connectivity index (χ4v) is 3.89. The van der Waals surface area contributed by atoms with Crippen LogP contribution in [0.2, 0.25) is 4.34 Å². The Kier molecular flexibility index (Phi) is 4.28. The maximum atomic E-state index is 6.31. The number of thiophene rings is 1. The van der Waals surface area contributed by atoms with Gasteiger partial charge in [0.2, 0.25) is 0 Å². The number of rotatable bonds is 3. The first-order valence-electron chi connectivity index (χ1n) is 6.40. The lowest BCUT2D eigenvalue weighted by Gasteiger charge is -2.16. The second-order valence-corrected chi connectivity index (χ2v) is 8.09. The van der Waals surface area contributed by atoms with Gasteiger partial charge in [-0.2, -0.15) is 0 Å². The summed E-state index contributed by atoms with van der Waals surface area (Å²) in [5.74, 6) is 0.814. The Balaban J connectivity index is 2.21. The highest BCUT2D eigenvalue weighted by atomic mass is 79.9. The molecule has 0 saturated heterocycles. The van der Waals surface area contributed by atoms with Crippen molar-refractivity contribution >= 4 is 61.6 Å². The number of fused-ring (bicyclic) bond motifs is 1. The second kappa shape index (κ2) is 5.88. The monoisotopic (exact) mass is 403 g/mol. The molecule has 0 aliphatic carbocycles. The van der Waals surface area contributed by atoms with Crippen molar-refractivity contribution in [2.45, 2.75) is 25.3 Å². The summed E-state index contributed by atoms with van der Waals surface area (Å²) in [4.78, 5) is 10.3. The molecule has 3 rings (SSSR count). The summed E-state index contributed by atoms with van der Waals surface area (Å²) in [6.07, 6.45) is 1.78. The Morgan fingerprint density at radius 2 is 2.10 bits per heavy atom. The smallest absolute Gasteiger partial charge is 0.160 e. The number of nitrogens with zero attached hydrogens (tertiary/aromatic N) is 3. The summed E-state index contributed by atoms with van der Waals surface area (Å²) in [5.41, 5.74) is 1.67. The van der Waals surface area contributed by atoms with Gasteiger partial charge in [0.15, 0.2) is 5.65 Å². The topological polar surface area (TPSA) is 30.7 Å². The number of hydrogen-bond acceptors (Lipinski definition) is 3. The zero-order chi connectivity index (χ0) is 15.1. The first kappa shape index (κ1) is 15.3. The molecule has 3 nitrogen and oxygen atoms in total. The van der Waals surface area contributed by atoms with Crippen LogP contribution in [0.25, 0.3) is 11.2 Å². The number of imidazole rings is 1. The molecular weight excluding hydrogens is 393 g/mol. The zero-order valence-corrected chi connectivity index (χ0v) is 15.3. The van der Waals surface area contributed by atoms with Crippen molar-refractivity contribution in [1.82, 2.24) is 14.5 Å². The molecule has 0 aromatic carbocycles. The summed E-state index contributed by atoms with van der Waals surface area (Å²) in [6.45, 7) is 4.03. The highest BCUT2D eigenvalue weighted by molar-refractivity contribution is 9.10. The normalized spacial score (nSPS) is 14.5. The zero-order valence-electron chi connectivity index (χ0n) is 11.3. The number of pyridine rings is 1.